The highest BCUT2D eigenvalue weighted by molar-refractivity contribution is 7.89. The Morgan fingerprint density at radius 3 is 2.48 bits per heavy atom. The Morgan fingerprint density at radius 1 is 1.06 bits per heavy atom. The first-order valence-electron chi connectivity index (χ1n) is 11.4. The maximum Gasteiger partial charge on any atom is 0.240 e. The number of nitrogens with one attached hydrogen (secondary N) is 2. The minimum atomic E-state index is -3.47. The lowest BCUT2D eigenvalue weighted by Crippen LogP contribution is -2.30. The number of sulfonamides is 1. The highest BCUT2D eigenvalue weighted by Gasteiger charge is 2.38. The number of benzene rings is 2. The van der Waals surface area contributed by atoms with Gasteiger partial charge in [0, 0.05) is 36.9 Å². The molecule has 166 valence electrons. The van der Waals surface area contributed by atoms with Gasteiger partial charge >= 0.3 is 0 Å². The van der Waals surface area contributed by atoms with E-state index in [-0.39, 0.29) is 12.0 Å². The monoisotopic (exact) mass is 439 g/mol. The van der Waals surface area contributed by atoms with Crippen LogP contribution in [0.25, 0.3) is 0 Å². The van der Waals surface area contributed by atoms with Crippen molar-refractivity contribution in [2.45, 2.75) is 50.5 Å². The predicted octanol–water partition coefficient (Wildman–Crippen LogP) is 5.05. The number of fused-ring (bicyclic) bond motifs is 3. The van der Waals surface area contributed by atoms with Crippen molar-refractivity contribution >= 4 is 21.4 Å². The lowest BCUT2D eigenvalue weighted by atomic mass is 9.77. The lowest BCUT2D eigenvalue weighted by molar-refractivity contribution is 0.425. The first-order valence-corrected chi connectivity index (χ1v) is 12.9. The van der Waals surface area contributed by atoms with Gasteiger partial charge in [0.05, 0.1) is 10.9 Å². The molecule has 4 rings (SSSR count). The molecule has 0 saturated heterocycles. The molecule has 2 N–H and O–H groups in total. The zero-order valence-corrected chi connectivity index (χ0v) is 19.5. The molecular formula is C25H33N3O2S. The van der Waals surface area contributed by atoms with E-state index in [1.165, 1.54) is 11.3 Å². The van der Waals surface area contributed by atoms with Crippen LogP contribution < -0.4 is 14.9 Å². The Labute approximate surface area is 186 Å². The third-order valence-corrected chi connectivity index (χ3v) is 8.03. The van der Waals surface area contributed by atoms with E-state index < -0.39 is 10.0 Å². The largest absolute Gasteiger partial charge is 0.378 e. The Hall–Kier alpha value is -2.31. The van der Waals surface area contributed by atoms with Gasteiger partial charge in [-0.1, -0.05) is 31.2 Å². The molecule has 3 atom stereocenters. The van der Waals surface area contributed by atoms with Gasteiger partial charge in [0.1, 0.15) is 0 Å². The van der Waals surface area contributed by atoms with E-state index in [4.69, 9.17) is 0 Å². The second-order valence-electron chi connectivity index (χ2n) is 8.39. The van der Waals surface area contributed by atoms with E-state index in [9.17, 15) is 8.42 Å². The fourth-order valence-electron chi connectivity index (χ4n) is 4.87. The van der Waals surface area contributed by atoms with Crippen LogP contribution in [0, 0.1) is 5.92 Å². The maximum atomic E-state index is 12.6. The van der Waals surface area contributed by atoms with Crippen LogP contribution in [-0.2, 0) is 10.0 Å². The van der Waals surface area contributed by atoms with Gasteiger partial charge < -0.3 is 10.2 Å². The zero-order valence-electron chi connectivity index (χ0n) is 18.6. The van der Waals surface area contributed by atoms with Crippen molar-refractivity contribution in [3.8, 4) is 0 Å². The minimum absolute atomic E-state index is 0.207. The van der Waals surface area contributed by atoms with E-state index in [2.05, 4.69) is 65.2 Å². The summed E-state index contributed by atoms with van der Waals surface area (Å²) in [4.78, 5) is 2.70. The van der Waals surface area contributed by atoms with Gasteiger partial charge in [0.25, 0.3) is 0 Å². The van der Waals surface area contributed by atoms with Crippen LogP contribution in [0.3, 0.4) is 0 Å². The molecule has 2 aromatic rings. The average molecular weight is 440 g/mol. The van der Waals surface area contributed by atoms with Crippen molar-refractivity contribution in [1.29, 1.82) is 0 Å². The Bertz CT molecular complexity index is 1040. The van der Waals surface area contributed by atoms with E-state index in [0.717, 1.165) is 37.2 Å². The van der Waals surface area contributed by atoms with Crippen molar-refractivity contribution in [2.75, 3.05) is 29.9 Å². The second kappa shape index (κ2) is 9.05. The van der Waals surface area contributed by atoms with Crippen LogP contribution in [0.1, 0.15) is 56.7 Å². The summed E-state index contributed by atoms with van der Waals surface area (Å²) >= 11 is 0. The van der Waals surface area contributed by atoms with Gasteiger partial charge in [-0.3, -0.25) is 0 Å². The zero-order chi connectivity index (χ0) is 22.0. The second-order valence-corrected chi connectivity index (χ2v) is 10.2. The number of rotatable bonds is 8. The molecule has 0 saturated carbocycles. The summed E-state index contributed by atoms with van der Waals surface area (Å²) in [5, 5.41) is 3.71. The summed E-state index contributed by atoms with van der Waals surface area (Å²) in [6, 6.07) is 14.6. The van der Waals surface area contributed by atoms with Crippen LogP contribution in [-0.4, -0.2) is 28.1 Å². The molecular weight excluding hydrogens is 406 g/mol. The highest BCUT2D eigenvalue weighted by atomic mass is 32.2. The van der Waals surface area contributed by atoms with Crippen LogP contribution in [0.15, 0.2) is 59.5 Å². The van der Waals surface area contributed by atoms with Gasteiger partial charge in [-0.2, -0.15) is 0 Å². The van der Waals surface area contributed by atoms with Gasteiger partial charge in [-0.25, -0.2) is 13.1 Å². The van der Waals surface area contributed by atoms with Crippen molar-refractivity contribution in [3.05, 3.63) is 65.7 Å². The molecule has 0 amide bonds. The predicted molar refractivity (Wildman–Crippen MR) is 128 cm³/mol. The highest BCUT2D eigenvalue weighted by Crippen LogP contribution is 2.50. The summed E-state index contributed by atoms with van der Waals surface area (Å²) in [6.07, 6.45) is 6.25. The maximum absolute atomic E-state index is 12.6. The SMILES string of the molecule is CCCNS(=O)(=O)c1ccc2c(c1)C1C=CCC1C(c1ccc(N(CC)CC)cc1)N2. The molecule has 0 fully saturated rings. The standard InChI is InChI=1S/C25H33N3O2S/c1-4-16-26-31(29,30)20-14-15-24-23(17-20)21-8-7-9-22(21)25(27-24)18-10-12-19(13-11-18)28(5-2)6-3/h7-8,10-15,17,21-22,25-27H,4-6,9,16H2,1-3H3. The molecule has 0 radical (unpaired) electrons. The van der Waals surface area contributed by atoms with Crippen LogP contribution in [0.5, 0.6) is 0 Å². The molecule has 6 heteroatoms. The van der Waals surface area contributed by atoms with Crippen molar-refractivity contribution in [3.63, 3.8) is 0 Å². The van der Waals surface area contributed by atoms with E-state index in [1.54, 1.807) is 6.07 Å². The van der Waals surface area contributed by atoms with E-state index in [1.807, 2.05) is 19.1 Å². The van der Waals surface area contributed by atoms with Gasteiger partial charge in [0.15, 0.2) is 0 Å². The fourth-order valence-corrected chi connectivity index (χ4v) is 6.04. The number of nitrogens with zero attached hydrogens (tertiary/aromatic N) is 1. The topological polar surface area (TPSA) is 61.4 Å². The van der Waals surface area contributed by atoms with E-state index in [0.29, 0.717) is 17.4 Å². The number of allylic oxidation sites excluding steroid dienone is 2. The molecule has 1 aliphatic heterocycles. The third-order valence-electron chi connectivity index (χ3n) is 6.57. The summed E-state index contributed by atoms with van der Waals surface area (Å²) in [6.45, 7) is 8.77. The summed E-state index contributed by atoms with van der Waals surface area (Å²) in [5.74, 6) is 0.610. The fraction of sp³-hybridized carbons (Fsp3) is 0.440. The van der Waals surface area contributed by atoms with Crippen molar-refractivity contribution in [2.24, 2.45) is 5.92 Å². The number of hydrogen-bond donors (Lipinski definition) is 2. The first kappa shape index (κ1) is 21.9. The summed E-state index contributed by atoms with van der Waals surface area (Å²) in [7, 11) is -3.47. The Balaban J connectivity index is 1.64. The first-order chi connectivity index (χ1) is 15.0. The molecule has 2 aromatic carbocycles. The molecule has 5 nitrogen and oxygen atoms in total. The average Bonchev–Trinajstić information content (AvgIpc) is 3.28. The Morgan fingerprint density at radius 2 is 1.81 bits per heavy atom. The van der Waals surface area contributed by atoms with Crippen LogP contribution in [0.4, 0.5) is 11.4 Å². The quantitative estimate of drug-likeness (QED) is 0.565. The van der Waals surface area contributed by atoms with Crippen molar-refractivity contribution in [1.82, 2.24) is 4.72 Å². The van der Waals surface area contributed by atoms with E-state index >= 15 is 0 Å². The molecule has 0 spiro atoms. The third kappa shape index (κ3) is 4.23. The molecule has 0 bridgehead atoms. The number of hydrogen-bond acceptors (Lipinski definition) is 4. The molecule has 31 heavy (non-hydrogen) atoms. The van der Waals surface area contributed by atoms with Crippen LogP contribution in [0.2, 0.25) is 0 Å². The van der Waals surface area contributed by atoms with Gasteiger partial charge in [0.2, 0.25) is 10.0 Å². The normalized spacial score (nSPS) is 22.0. The lowest BCUT2D eigenvalue weighted by Gasteiger charge is -2.38. The van der Waals surface area contributed by atoms with Crippen LogP contribution >= 0.6 is 0 Å². The molecule has 2 aliphatic rings. The molecule has 3 unspecified atom stereocenters. The minimum Gasteiger partial charge on any atom is -0.378 e. The summed E-state index contributed by atoms with van der Waals surface area (Å²) < 4.78 is 28.0. The van der Waals surface area contributed by atoms with Gasteiger partial charge in [-0.15, -0.1) is 0 Å². The summed E-state index contributed by atoms with van der Waals surface area (Å²) in [5.41, 5.74) is 4.64. The number of anilines is 2. The molecule has 1 aliphatic carbocycles. The van der Waals surface area contributed by atoms with Crippen molar-refractivity contribution < 1.29 is 8.42 Å². The van der Waals surface area contributed by atoms with Gasteiger partial charge in [-0.05, 0) is 74.1 Å². The molecule has 1 heterocycles. The Kier molecular flexibility index (Phi) is 6.39. The smallest absolute Gasteiger partial charge is 0.240 e. The molecule has 0 aromatic heterocycles.